The fourth-order valence-corrected chi connectivity index (χ4v) is 4.00. The van der Waals surface area contributed by atoms with Crippen LogP contribution in [0.5, 0.6) is 0 Å². The molecule has 0 bridgehead atoms. The Morgan fingerprint density at radius 2 is 1.67 bits per heavy atom. The Balaban J connectivity index is 1.51. The van der Waals surface area contributed by atoms with Gasteiger partial charge in [-0.2, -0.15) is 5.10 Å². The van der Waals surface area contributed by atoms with E-state index in [9.17, 15) is 4.79 Å². The van der Waals surface area contributed by atoms with Gasteiger partial charge >= 0.3 is 0 Å². The minimum atomic E-state index is 0.157. The molecule has 0 radical (unpaired) electrons. The molecule has 2 aromatic rings. The molecular weight excluding hydrogens is 298 g/mol. The van der Waals surface area contributed by atoms with Gasteiger partial charge in [-0.15, -0.1) is 0 Å². The first-order chi connectivity index (χ1) is 11.6. The highest BCUT2D eigenvalue weighted by Crippen LogP contribution is 2.33. The number of carbonyl (C=O) groups is 1. The van der Waals surface area contributed by atoms with Crippen LogP contribution in [0.1, 0.15) is 34.6 Å². The number of likely N-dealkylation sites (tertiary alicyclic amines) is 1. The second-order valence-corrected chi connectivity index (χ2v) is 7.06. The quantitative estimate of drug-likeness (QED) is 0.794. The van der Waals surface area contributed by atoms with Gasteiger partial charge in [-0.25, -0.2) is 4.68 Å². The first kappa shape index (κ1) is 15.2. The number of amides is 1. The molecule has 1 aliphatic carbocycles. The summed E-state index contributed by atoms with van der Waals surface area (Å²) in [5.74, 6) is 1.45. The maximum absolute atomic E-state index is 12.8. The minimum Gasteiger partial charge on any atom is -0.338 e. The van der Waals surface area contributed by atoms with Crippen molar-refractivity contribution in [3.05, 3.63) is 59.4 Å². The van der Waals surface area contributed by atoms with Gasteiger partial charge in [0.25, 0.3) is 5.91 Å². The second kappa shape index (κ2) is 5.93. The smallest absolute Gasteiger partial charge is 0.253 e. The summed E-state index contributed by atoms with van der Waals surface area (Å²) in [6.07, 6.45) is 6.76. The van der Waals surface area contributed by atoms with E-state index in [1.54, 1.807) is 0 Å². The molecule has 2 heterocycles. The Morgan fingerprint density at radius 3 is 2.21 bits per heavy atom. The lowest BCUT2D eigenvalue weighted by Gasteiger charge is -2.17. The van der Waals surface area contributed by atoms with Gasteiger partial charge in [0.05, 0.1) is 11.4 Å². The standard InChI is InChI=1S/C20H23N3O/c1-14-11-15(2)23(21-14)19-9-7-16(8-10-19)20(24)22-12-17-5-3-4-6-18(17)13-22/h3-4,7-11,17-18H,5-6,12-13H2,1-2H3/t17-,18+. The van der Waals surface area contributed by atoms with E-state index in [0.717, 1.165) is 48.6 Å². The number of fused-ring (bicyclic) bond motifs is 1. The van der Waals surface area contributed by atoms with Crippen LogP contribution >= 0.6 is 0 Å². The zero-order valence-electron chi connectivity index (χ0n) is 14.3. The lowest BCUT2D eigenvalue weighted by molar-refractivity contribution is 0.0784. The molecule has 1 amide bonds. The Labute approximate surface area is 142 Å². The molecule has 2 aliphatic rings. The van der Waals surface area contributed by atoms with Crippen molar-refractivity contribution in [1.82, 2.24) is 14.7 Å². The summed E-state index contributed by atoms with van der Waals surface area (Å²) in [6, 6.07) is 9.87. The van der Waals surface area contributed by atoms with E-state index < -0.39 is 0 Å². The molecule has 1 saturated heterocycles. The predicted octanol–water partition coefficient (Wildman–Crippen LogP) is 3.53. The van der Waals surface area contributed by atoms with Crippen LogP contribution in [-0.4, -0.2) is 33.7 Å². The summed E-state index contributed by atoms with van der Waals surface area (Å²) in [6.45, 7) is 5.82. The normalized spacial score (nSPS) is 22.7. The third kappa shape index (κ3) is 2.66. The molecule has 1 aromatic heterocycles. The van der Waals surface area contributed by atoms with E-state index >= 15 is 0 Å². The van der Waals surface area contributed by atoms with Crippen LogP contribution in [0.25, 0.3) is 5.69 Å². The van der Waals surface area contributed by atoms with Gasteiger partial charge in [-0.05, 0) is 68.9 Å². The van der Waals surface area contributed by atoms with Crippen molar-refractivity contribution >= 4 is 5.91 Å². The number of hydrogen-bond acceptors (Lipinski definition) is 2. The molecule has 4 nitrogen and oxygen atoms in total. The van der Waals surface area contributed by atoms with Crippen LogP contribution in [0.3, 0.4) is 0 Å². The summed E-state index contributed by atoms with van der Waals surface area (Å²) in [7, 11) is 0. The largest absolute Gasteiger partial charge is 0.338 e. The Kier molecular flexibility index (Phi) is 3.75. The van der Waals surface area contributed by atoms with Crippen molar-refractivity contribution in [2.24, 2.45) is 11.8 Å². The molecule has 24 heavy (non-hydrogen) atoms. The van der Waals surface area contributed by atoms with Gasteiger partial charge in [0.2, 0.25) is 0 Å². The summed E-state index contributed by atoms with van der Waals surface area (Å²) in [5, 5.41) is 4.50. The molecular formula is C20H23N3O. The zero-order valence-corrected chi connectivity index (χ0v) is 14.3. The second-order valence-electron chi connectivity index (χ2n) is 7.06. The average Bonchev–Trinajstić information content (AvgIpc) is 3.17. The Morgan fingerprint density at radius 1 is 1.04 bits per heavy atom. The lowest BCUT2D eigenvalue weighted by Crippen LogP contribution is -2.29. The molecule has 2 atom stereocenters. The number of nitrogens with zero attached hydrogens (tertiary/aromatic N) is 3. The van der Waals surface area contributed by atoms with Crippen LogP contribution in [0.4, 0.5) is 0 Å². The van der Waals surface area contributed by atoms with Crippen LogP contribution < -0.4 is 0 Å². The molecule has 1 aliphatic heterocycles. The Hall–Kier alpha value is -2.36. The zero-order chi connectivity index (χ0) is 16.7. The van der Waals surface area contributed by atoms with Crippen molar-refractivity contribution in [2.45, 2.75) is 26.7 Å². The van der Waals surface area contributed by atoms with Crippen LogP contribution in [0.15, 0.2) is 42.5 Å². The highest BCUT2D eigenvalue weighted by Gasteiger charge is 2.35. The number of carbonyl (C=O) groups excluding carboxylic acids is 1. The van der Waals surface area contributed by atoms with E-state index in [4.69, 9.17) is 0 Å². The van der Waals surface area contributed by atoms with Gasteiger partial charge in [0.1, 0.15) is 0 Å². The van der Waals surface area contributed by atoms with Crippen LogP contribution in [0.2, 0.25) is 0 Å². The molecule has 1 aromatic carbocycles. The molecule has 0 N–H and O–H groups in total. The fraction of sp³-hybridized carbons (Fsp3) is 0.400. The molecule has 0 saturated carbocycles. The summed E-state index contributed by atoms with van der Waals surface area (Å²) in [4.78, 5) is 14.8. The molecule has 0 spiro atoms. The number of benzene rings is 1. The van der Waals surface area contributed by atoms with Crippen molar-refractivity contribution in [2.75, 3.05) is 13.1 Å². The van der Waals surface area contributed by atoms with E-state index in [-0.39, 0.29) is 5.91 Å². The monoisotopic (exact) mass is 321 g/mol. The van der Waals surface area contributed by atoms with E-state index in [2.05, 4.69) is 23.3 Å². The predicted molar refractivity (Wildman–Crippen MR) is 94.3 cm³/mol. The number of aryl methyl sites for hydroxylation is 2. The highest BCUT2D eigenvalue weighted by molar-refractivity contribution is 5.94. The number of allylic oxidation sites excluding steroid dienone is 2. The maximum Gasteiger partial charge on any atom is 0.253 e. The van der Waals surface area contributed by atoms with Gasteiger partial charge in [0, 0.05) is 24.3 Å². The molecule has 4 rings (SSSR count). The van der Waals surface area contributed by atoms with Crippen molar-refractivity contribution in [1.29, 1.82) is 0 Å². The van der Waals surface area contributed by atoms with Crippen molar-refractivity contribution < 1.29 is 4.79 Å². The van der Waals surface area contributed by atoms with Crippen molar-refractivity contribution in [3.8, 4) is 5.69 Å². The molecule has 0 unspecified atom stereocenters. The first-order valence-corrected chi connectivity index (χ1v) is 8.70. The van der Waals surface area contributed by atoms with Gasteiger partial charge in [0.15, 0.2) is 0 Å². The highest BCUT2D eigenvalue weighted by atomic mass is 16.2. The average molecular weight is 321 g/mol. The van der Waals surface area contributed by atoms with Gasteiger partial charge < -0.3 is 4.90 Å². The SMILES string of the molecule is Cc1cc(C)n(-c2ccc(C(=O)N3C[C@H]4CC=CC[C@H]4C3)cc2)n1. The number of rotatable bonds is 2. The number of hydrogen-bond donors (Lipinski definition) is 0. The third-order valence-corrected chi connectivity index (χ3v) is 5.28. The van der Waals surface area contributed by atoms with E-state index in [0.29, 0.717) is 11.8 Å². The molecule has 1 fully saturated rings. The topological polar surface area (TPSA) is 38.1 Å². The van der Waals surface area contributed by atoms with Gasteiger partial charge in [-0.1, -0.05) is 12.2 Å². The van der Waals surface area contributed by atoms with E-state index in [1.807, 2.05) is 47.7 Å². The molecule has 4 heteroatoms. The van der Waals surface area contributed by atoms with Crippen molar-refractivity contribution in [3.63, 3.8) is 0 Å². The summed E-state index contributed by atoms with van der Waals surface area (Å²) >= 11 is 0. The van der Waals surface area contributed by atoms with Gasteiger partial charge in [-0.3, -0.25) is 4.79 Å². The minimum absolute atomic E-state index is 0.157. The summed E-state index contributed by atoms with van der Waals surface area (Å²) < 4.78 is 1.92. The maximum atomic E-state index is 12.8. The number of aromatic nitrogens is 2. The fourth-order valence-electron chi connectivity index (χ4n) is 4.00. The molecule has 124 valence electrons. The summed E-state index contributed by atoms with van der Waals surface area (Å²) in [5.41, 5.74) is 3.87. The Bertz CT molecular complexity index is 772. The van der Waals surface area contributed by atoms with Crippen LogP contribution in [-0.2, 0) is 0 Å². The lowest BCUT2D eigenvalue weighted by atomic mass is 9.86. The van der Waals surface area contributed by atoms with Crippen LogP contribution in [0, 0.1) is 25.7 Å². The van der Waals surface area contributed by atoms with E-state index in [1.165, 1.54) is 0 Å². The first-order valence-electron chi connectivity index (χ1n) is 8.70. The third-order valence-electron chi connectivity index (χ3n) is 5.28.